The van der Waals surface area contributed by atoms with Gasteiger partial charge >= 0.3 is 0 Å². The Labute approximate surface area is 91.6 Å². The van der Waals surface area contributed by atoms with Crippen LogP contribution >= 0.6 is 0 Å². The number of nitriles is 1. The van der Waals surface area contributed by atoms with Crippen LogP contribution in [-0.4, -0.2) is 36.5 Å². The average molecular weight is 209 g/mol. The Morgan fingerprint density at radius 1 is 1.67 bits per heavy atom. The highest BCUT2D eigenvalue weighted by Crippen LogP contribution is 1.99. The van der Waals surface area contributed by atoms with E-state index in [4.69, 9.17) is 5.26 Å². The highest BCUT2D eigenvalue weighted by molar-refractivity contribution is 5.78. The first kappa shape index (κ1) is 13.7. The van der Waals surface area contributed by atoms with E-state index in [2.05, 4.69) is 11.9 Å². The Morgan fingerprint density at radius 3 is 2.80 bits per heavy atom. The van der Waals surface area contributed by atoms with Gasteiger partial charge in [-0.3, -0.25) is 4.79 Å². The lowest BCUT2D eigenvalue weighted by Crippen LogP contribution is -2.42. The van der Waals surface area contributed by atoms with Crippen LogP contribution in [-0.2, 0) is 4.79 Å². The van der Waals surface area contributed by atoms with Gasteiger partial charge in [0.2, 0.25) is 5.91 Å². The van der Waals surface area contributed by atoms with Crippen LogP contribution in [0.25, 0.3) is 0 Å². The molecule has 0 spiro atoms. The second-order valence-corrected chi connectivity index (χ2v) is 3.51. The number of carbonyl (C=O) groups is 1. The summed E-state index contributed by atoms with van der Waals surface area (Å²) < 4.78 is 0. The zero-order valence-electron chi connectivity index (χ0n) is 9.49. The predicted molar refractivity (Wildman–Crippen MR) is 60.1 cm³/mol. The molecule has 0 aliphatic heterocycles. The van der Waals surface area contributed by atoms with Crippen molar-refractivity contribution >= 4 is 5.91 Å². The fourth-order valence-corrected chi connectivity index (χ4v) is 1.22. The fraction of sp³-hybridized carbons (Fsp3) is 0.636. The molecule has 0 atom stereocenters. The summed E-state index contributed by atoms with van der Waals surface area (Å²) in [6, 6.07) is 2.18. The molecule has 4 heteroatoms. The molecule has 1 N–H and O–H groups in total. The number of rotatable bonds is 7. The third-order valence-corrected chi connectivity index (χ3v) is 1.97. The minimum Gasteiger partial charge on any atom is -0.338 e. The predicted octanol–water partition coefficient (Wildman–Crippen LogP) is 0.913. The average Bonchev–Trinajstić information content (AvgIpc) is 2.18. The van der Waals surface area contributed by atoms with Gasteiger partial charge in [0.05, 0.1) is 19.0 Å². The lowest BCUT2D eigenvalue weighted by atomic mass is 10.3. The first-order chi connectivity index (χ1) is 7.13. The van der Waals surface area contributed by atoms with Crippen LogP contribution in [0.2, 0.25) is 0 Å². The van der Waals surface area contributed by atoms with Gasteiger partial charge in [-0.05, 0) is 13.8 Å². The van der Waals surface area contributed by atoms with Crippen molar-refractivity contribution in [1.82, 2.24) is 10.2 Å². The second kappa shape index (κ2) is 8.01. The van der Waals surface area contributed by atoms with Crippen molar-refractivity contribution < 1.29 is 4.79 Å². The highest BCUT2D eigenvalue weighted by atomic mass is 16.2. The largest absolute Gasteiger partial charge is 0.338 e. The summed E-state index contributed by atoms with van der Waals surface area (Å²) >= 11 is 0. The quantitative estimate of drug-likeness (QED) is 0.501. The molecule has 0 aromatic heterocycles. The van der Waals surface area contributed by atoms with Gasteiger partial charge in [0.15, 0.2) is 0 Å². The van der Waals surface area contributed by atoms with Crippen LogP contribution in [0.5, 0.6) is 0 Å². The Morgan fingerprint density at radius 2 is 2.33 bits per heavy atom. The molecular formula is C11H19N3O. The summed E-state index contributed by atoms with van der Waals surface area (Å²) in [7, 11) is 0. The maximum atomic E-state index is 11.7. The number of hydrogen-bond acceptors (Lipinski definition) is 3. The number of nitrogens with zero attached hydrogens (tertiary/aromatic N) is 2. The minimum absolute atomic E-state index is 0.0297. The molecule has 0 aromatic carbocycles. The van der Waals surface area contributed by atoms with Gasteiger partial charge in [0.25, 0.3) is 0 Å². The van der Waals surface area contributed by atoms with Gasteiger partial charge in [0.1, 0.15) is 0 Å². The number of hydrogen-bond donors (Lipinski definition) is 1. The lowest BCUT2D eigenvalue weighted by molar-refractivity contribution is -0.131. The highest BCUT2D eigenvalue weighted by Gasteiger charge is 2.15. The summed E-state index contributed by atoms with van der Waals surface area (Å²) in [6.07, 6.45) is 2.09. The number of nitrogens with one attached hydrogen (secondary N) is 1. The SMILES string of the molecule is C=CCNCC(=O)N(CCC#N)C(C)C. The van der Waals surface area contributed by atoms with E-state index >= 15 is 0 Å². The van der Waals surface area contributed by atoms with Crippen molar-refractivity contribution in [3.05, 3.63) is 12.7 Å². The topological polar surface area (TPSA) is 56.1 Å². The van der Waals surface area contributed by atoms with Crippen molar-refractivity contribution in [2.24, 2.45) is 0 Å². The van der Waals surface area contributed by atoms with Gasteiger partial charge < -0.3 is 10.2 Å². The second-order valence-electron chi connectivity index (χ2n) is 3.51. The van der Waals surface area contributed by atoms with Crippen LogP contribution in [0.3, 0.4) is 0 Å². The Hall–Kier alpha value is -1.34. The van der Waals surface area contributed by atoms with Crippen molar-refractivity contribution in [2.45, 2.75) is 26.3 Å². The molecule has 4 nitrogen and oxygen atoms in total. The van der Waals surface area contributed by atoms with E-state index in [-0.39, 0.29) is 11.9 Å². The standard InChI is InChI=1S/C11H19N3O/c1-4-7-13-9-11(15)14(10(2)3)8-5-6-12/h4,10,13H,1,5,7-9H2,2-3H3. The molecule has 0 heterocycles. The van der Waals surface area contributed by atoms with Crippen LogP contribution in [0.15, 0.2) is 12.7 Å². The van der Waals surface area contributed by atoms with Crippen LogP contribution in [0.1, 0.15) is 20.3 Å². The van der Waals surface area contributed by atoms with Crippen molar-refractivity contribution in [3.8, 4) is 6.07 Å². The molecule has 0 aromatic rings. The maximum Gasteiger partial charge on any atom is 0.236 e. The van der Waals surface area contributed by atoms with E-state index in [0.29, 0.717) is 26.1 Å². The molecule has 84 valence electrons. The Kier molecular flexibility index (Phi) is 7.29. The summed E-state index contributed by atoms with van der Waals surface area (Å²) in [5, 5.41) is 11.4. The van der Waals surface area contributed by atoms with Crippen molar-refractivity contribution in [1.29, 1.82) is 5.26 Å². The van der Waals surface area contributed by atoms with E-state index in [0.717, 1.165) is 0 Å². The third-order valence-electron chi connectivity index (χ3n) is 1.97. The van der Waals surface area contributed by atoms with Crippen LogP contribution in [0, 0.1) is 11.3 Å². The molecule has 0 saturated carbocycles. The lowest BCUT2D eigenvalue weighted by Gasteiger charge is -2.25. The van der Waals surface area contributed by atoms with Gasteiger partial charge in [-0.25, -0.2) is 0 Å². The van der Waals surface area contributed by atoms with Crippen LogP contribution in [0.4, 0.5) is 0 Å². The van der Waals surface area contributed by atoms with Crippen molar-refractivity contribution in [3.63, 3.8) is 0 Å². The van der Waals surface area contributed by atoms with E-state index in [1.54, 1.807) is 11.0 Å². The normalized spacial score (nSPS) is 9.73. The molecule has 15 heavy (non-hydrogen) atoms. The smallest absolute Gasteiger partial charge is 0.236 e. The van der Waals surface area contributed by atoms with E-state index in [9.17, 15) is 4.79 Å². The van der Waals surface area contributed by atoms with Gasteiger partial charge in [-0.15, -0.1) is 6.58 Å². The monoisotopic (exact) mass is 209 g/mol. The molecule has 1 amide bonds. The zero-order chi connectivity index (χ0) is 11.7. The van der Waals surface area contributed by atoms with Crippen molar-refractivity contribution in [2.75, 3.05) is 19.6 Å². The van der Waals surface area contributed by atoms with E-state index in [1.807, 2.05) is 19.9 Å². The van der Waals surface area contributed by atoms with E-state index in [1.165, 1.54) is 0 Å². The zero-order valence-corrected chi connectivity index (χ0v) is 9.49. The molecule has 0 rings (SSSR count). The van der Waals surface area contributed by atoms with Gasteiger partial charge in [-0.1, -0.05) is 6.08 Å². The minimum atomic E-state index is 0.0297. The van der Waals surface area contributed by atoms with Gasteiger partial charge in [0, 0.05) is 19.1 Å². The molecule has 0 saturated heterocycles. The Bertz CT molecular complexity index is 243. The van der Waals surface area contributed by atoms with Gasteiger partial charge in [-0.2, -0.15) is 5.26 Å². The third kappa shape index (κ3) is 5.87. The molecule has 0 fully saturated rings. The fourth-order valence-electron chi connectivity index (χ4n) is 1.22. The number of carbonyl (C=O) groups excluding carboxylic acids is 1. The first-order valence-electron chi connectivity index (χ1n) is 5.11. The molecule has 0 aliphatic rings. The molecule has 0 radical (unpaired) electrons. The molecule has 0 aliphatic carbocycles. The van der Waals surface area contributed by atoms with E-state index < -0.39 is 0 Å². The summed E-state index contributed by atoms with van der Waals surface area (Å²) in [5.74, 6) is 0.0297. The maximum absolute atomic E-state index is 11.7. The summed E-state index contributed by atoms with van der Waals surface area (Å²) in [6.45, 7) is 8.88. The summed E-state index contributed by atoms with van der Waals surface area (Å²) in [4.78, 5) is 13.4. The number of amides is 1. The van der Waals surface area contributed by atoms with Crippen LogP contribution < -0.4 is 5.32 Å². The first-order valence-corrected chi connectivity index (χ1v) is 5.11. The Balaban J connectivity index is 4.05. The molecule has 0 bridgehead atoms. The molecular weight excluding hydrogens is 190 g/mol. The molecule has 0 unspecified atom stereocenters. The summed E-state index contributed by atoms with van der Waals surface area (Å²) in [5.41, 5.74) is 0.